The van der Waals surface area contributed by atoms with E-state index in [4.69, 9.17) is 0 Å². The van der Waals surface area contributed by atoms with Gasteiger partial charge in [-0.25, -0.2) is 18.1 Å². The van der Waals surface area contributed by atoms with E-state index in [2.05, 4.69) is 14.7 Å². The summed E-state index contributed by atoms with van der Waals surface area (Å²) in [5.41, 5.74) is -1.13. The van der Waals surface area contributed by atoms with Gasteiger partial charge in [0.05, 0.1) is 11.8 Å². The van der Waals surface area contributed by atoms with E-state index >= 15 is 0 Å². The maximum atomic E-state index is 12.0. The van der Waals surface area contributed by atoms with Crippen molar-refractivity contribution in [1.29, 1.82) is 0 Å². The van der Waals surface area contributed by atoms with Gasteiger partial charge < -0.3 is 15.0 Å². The van der Waals surface area contributed by atoms with E-state index in [0.717, 1.165) is 0 Å². The van der Waals surface area contributed by atoms with Gasteiger partial charge in [-0.1, -0.05) is 6.92 Å². The van der Waals surface area contributed by atoms with Gasteiger partial charge in [0.15, 0.2) is 5.03 Å². The highest BCUT2D eigenvalue weighted by Gasteiger charge is 2.25. The van der Waals surface area contributed by atoms with Crippen LogP contribution in [-0.2, 0) is 16.4 Å². The largest absolute Gasteiger partial charge is 0.387 e. The summed E-state index contributed by atoms with van der Waals surface area (Å²) >= 11 is 0. The number of aryl methyl sites for hydroxylation is 1. The first kappa shape index (κ1) is 16.1. The van der Waals surface area contributed by atoms with Crippen molar-refractivity contribution >= 4 is 10.0 Å². The Bertz CT molecular complexity index is 508. The van der Waals surface area contributed by atoms with Crippen LogP contribution in [0.15, 0.2) is 11.2 Å². The van der Waals surface area contributed by atoms with Gasteiger partial charge in [0.25, 0.3) is 10.0 Å². The molecule has 0 amide bonds. The van der Waals surface area contributed by atoms with E-state index in [-0.39, 0.29) is 11.6 Å². The third-order valence-corrected chi connectivity index (χ3v) is 3.84. The molecule has 1 aromatic heterocycles. The molecule has 1 rings (SSSR count). The molecule has 0 aliphatic rings. The zero-order chi connectivity index (χ0) is 14.7. The predicted molar refractivity (Wildman–Crippen MR) is 72.3 cm³/mol. The van der Waals surface area contributed by atoms with Gasteiger partial charge in [-0.05, 0) is 21.0 Å². The highest BCUT2D eigenvalue weighted by atomic mass is 32.2. The zero-order valence-corrected chi connectivity index (χ0v) is 12.6. The Morgan fingerprint density at radius 1 is 1.53 bits per heavy atom. The minimum atomic E-state index is -3.67. The minimum absolute atomic E-state index is 0.0185. The highest BCUT2D eigenvalue weighted by molar-refractivity contribution is 7.89. The number of nitrogens with one attached hydrogen (secondary N) is 2. The van der Waals surface area contributed by atoms with Crippen molar-refractivity contribution in [2.45, 2.75) is 30.9 Å². The van der Waals surface area contributed by atoms with Crippen LogP contribution in [-0.4, -0.2) is 61.2 Å². The van der Waals surface area contributed by atoms with Gasteiger partial charge in [-0.2, -0.15) is 0 Å². The molecular weight excluding hydrogens is 268 g/mol. The molecule has 1 atom stereocenters. The van der Waals surface area contributed by atoms with Crippen LogP contribution < -0.4 is 4.72 Å². The molecule has 7 nitrogen and oxygen atoms in total. The number of aromatic amines is 1. The second-order valence-electron chi connectivity index (χ2n) is 5.11. The summed E-state index contributed by atoms with van der Waals surface area (Å²) in [6.45, 7) is 3.76. The van der Waals surface area contributed by atoms with E-state index in [1.54, 1.807) is 11.8 Å². The summed E-state index contributed by atoms with van der Waals surface area (Å²) < 4.78 is 26.4. The van der Waals surface area contributed by atoms with Gasteiger partial charge >= 0.3 is 0 Å². The van der Waals surface area contributed by atoms with Gasteiger partial charge in [0.1, 0.15) is 5.82 Å². The first-order valence-corrected chi connectivity index (χ1v) is 7.55. The van der Waals surface area contributed by atoms with Gasteiger partial charge in [-0.3, -0.25) is 0 Å². The summed E-state index contributed by atoms with van der Waals surface area (Å²) in [4.78, 5) is 8.47. The molecule has 8 heteroatoms. The molecule has 1 unspecified atom stereocenters. The molecule has 0 bridgehead atoms. The standard InChI is InChI=1S/C11H22N4O3S/c1-5-9-12-6-10(14-9)19(17,18)13-7-11(2,16)8-15(3)4/h6,13,16H,5,7-8H2,1-4H3,(H,12,14). The van der Waals surface area contributed by atoms with Crippen LogP contribution in [0.2, 0.25) is 0 Å². The van der Waals surface area contributed by atoms with Crippen LogP contribution in [0, 0.1) is 0 Å². The summed E-state index contributed by atoms with van der Waals surface area (Å²) in [6, 6.07) is 0. The number of hydrogen-bond acceptors (Lipinski definition) is 5. The highest BCUT2D eigenvalue weighted by Crippen LogP contribution is 2.08. The quantitative estimate of drug-likeness (QED) is 0.632. The Hall–Kier alpha value is -0.960. The monoisotopic (exact) mass is 290 g/mol. The van der Waals surface area contributed by atoms with Crippen molar-refractivity contribution < 1.29 is 13.5 Å². The van der Waals surface area contributed by atoms with Gasteiger partial charge in [0, 0.05) is 19.5 Å². The van der Waals surface area contributed by atoms with Crippen LogP contribution in [0.25, 0.3) is 0 Å². The minimum Gasteiger partial charge on any atom is -0.387 e. The number of likely N-dealkylation sites (N-methyl/N-ethyl adjacent to an activating group) is 1. The fraction of sp³-hybridized carbons (Fsp3) is 0.727. The van der Waals surface area contributed by atoms with Crippen LogP contribution in [0.4, 0.5) is 0 Å². The Morgan fingerprint density at radius 3 is 2.63 bits per heavy atom. The molecule has 0 spiro atoms. The number of sulfonamides is 1. The summed E-state index contributed by atoms with van der Waals surface area (Å²) in [5.74, 6) is 0.612. The second-order valence-corrected chi connectivity index (χ2v) is 6.84. The van der Waals surface area contributed by atoms with Crippen molar-refractivity contribution in [3.63, 3.8) is 0 Å². The van der Waals surface area contributed by atoms with Crippen LogP contribution in [0.1, 0.15) is 19.7 Å². The lowest BCUT2D eigenvalue weighted by molar-refractivity contribution is 0.0386. The molecule has 0 aliphatic heterocycles. The lowest BCUT2D eigenvalue weighted by Gasteiger charge is -2.26. The third kappa shape index (κ3) is 4.90. The Balaban J connectivity index is 2.70. The zero-order valence-electron chi connectivity index (χ0n) is 11.8. The van der Waals surface area contributed by atoms with Crippen molar-refractivity contribution in [3.05, 3.63) is 12.0 Å². The van der Waals surface area contributed by atoms with E-state index < -0.39 is 15.6 Å². The first-order valence-electron chi connectivity index (χ1n) is 6.07. The van der Waals surface area contributed by atoms with Gasteiger partial charge in [0.2, 0.25) is 0 Å². The van der Waals surface area contributed by atoms with Crippen molar-refractivity contribution in [3.8, 4) is 0 Å². The lowest BCUT2D eigenvalue weighted by atomic mass is 10.1. The maximum Gasteiger partial charge on any atom is 0.257 e. The van der Waals surface area contributed by atoms with Crippen molar-refractivity contribution in [2.24, 2.45) is 0 Å². The van der Waals surface area contributed by atoms with Gasteiger partial charge in [-0.15, -0.1) is 0 Å². The average molecular weight is 290 g/mol. The lowest BCUT2D eigenvalue weighted by Crippen LogP contribution is -2.47. The number of imidazole rings is 1. The average Bonchev–Trinajstić information content (AvgIpc) is 2.74. The van der Waals surface area contributed by atoms with E-state index in [1.807, 2.05) is 21.0 Å². The van der Waals surface area contributed by atoms with Crippen LogP contribution >= 0.6 is 0 Å². The molecule has 1 aromatic rings. The van der Waals surface area contributed by atoms with Crippen LogP contribution in [0.5, 0.6) is 0 Å². The Kier molecular flexibility index (Phi) is 5.08. The molecule has 0 radical (unpaired) electrons. The Morgan fingerprint density at radius 2 is 2.16 bits per heavy atom. The number of nitrogens with zero attached hydrogens (tertiary/aromatic N) is 2. The number of hydrogen-bond donors (Lipinski definition) is 3. The molecule has 0 fully saturated rings. The molecule has 1 heterocycles. The summed E-state index contributed by atoms with van der Waals surface area (Å²) in [7, 11) is -0.0433. The fourth-order valence-corrected chi connectivity index (χ4v) is 2.83. The smallest absolute Gasteiger partial charge is 0.257 e. The third-order valence-electron chi connectivity index (χ3n) is 2.53. The number of rotatable bonds is 7. The number of H-pyrrole nitrogens is 1. The van der Waals surface area contributed by atoms with Crippen LogP contribution in [0.3, 0.4) is 0 Å². The van der Waals surface area contributed by atoms with Crippen molar-refractivity contribution in [1.82, 2.24) is 19.6 Å². The number of aromatic nitrogens is 2. The SMILES string of the molecule is CCc1ncc(S(=O)(=O)NCC(C)(O)CN(C)C)[nH]1. The van der Waals surface area contributed by atoms with E-state index in [0.29, 0.717) is 18.8 Å². The number of aliphatic hydroxyl groups is 1. The molecule has 0 aliphatic carbocycles. The molecule has 0 saturated heterocycles. The molecule has 0 aromatic carbocycles. The van der Waals surface area contributed by atoms with Crippen molar-refractivity contribution in [2.75, 3.05) is 27.2 Å². The normalized spacial score (nSPS) is 15.7. The summed E-state index contributed by atoms with van der Waals surface area (Å²) in [6.07, 6.45) is 1.91. The molecule has 0 saturated carbocycles. The fourth-order valence-electron chi connectivity index (χ4n) is 1.72. The molecule has 110 valence electrons. The topological polar surface area (TPSA) is 98.3 Å². The Labute approximate surface area is 114 Å². The molecule has 19 heavy (non-hydrogen) atoms. The van der Waals surface area contributed by atoms with E-state index in [9.17, 15) is 13.5 Å². The summed E-state index contributed by atoms with van der Waals surface area (Å²) in [5, 5.41) is 10.1. The maximum absolute atomic E-state index is 12.0. The molecule has 3 N–H and O–H groups in total. The first-order chi connectivity index (χ1) is 8.66. The second kappa shape index (κ2) is 6.00. The predicted octanol–water partition coefficient (Wildman–Crippen LogP) is -0.437. The molecular formula is C11H22N4O3S. The van der Waals surface area contributed by atoms with E-state index in [1.165, 1.54) is 6.20 Å².